The van der Waals surface area contributed by atoms with Crippen LogP contribution in [0.3, 0.4) is 0 Å². The Balaban J connectivity index is 1.39. The van der Waals surface area contributed by atoms with E-state index in [0.717, 1.165) is 35.1 Å². The minimum atomic E-state index is -1.05. The van der Waals surface area contributed by atoms with Crippen molar-refractivity contribution in [1.29, 1.82) is 0 Å². The van der Waals surface area contributed by atoms with E-state index in [-0.39, 0.29) is 18.4 Å². The number of carboxylic acid groups (broad SMARTS) is 1. The zero-order chi connectivity index (χ0) is 23.4. The number of thioether (sulfide) groups is 1. The fourth-order valence-electron chi connectivity index (χ4n) is 4.35. The quantitative estimate of drug-likeness (QED) is 0.492. The Morgan fingerprint density at radius 3 is 2.18 bits per heavy atom. The standard InChI is InChI=1S/C25H28N2O5S/c1-33-13-12-21(23(28)27-22(24(29)30)15-10-11-15)26-25(31)32-14-20-18-8-4-2-6-16(18)17-7-3-5-9-19(17)20/h2-9,15,20-22H,10-14H2,1H3,(H,26,31)(H,27,28)(H,29,30)/t21-,22?/m0/s1. The number of nitrogens with one attached hydrogen (secondary N) is 2. The maximum Gasteiger partial charge on any atom is 0.407 e. The molecule has 2 amide bonds. The van der Waals surface area contributed by atoms with E-state index in [1.165, 1.54) is 0 Å². The number of carbonyl (C=O) groups excluding carboxylic acids is 2. The minimum absolute atomic E-state index is 0.0397. The number of carboxylic acids is 1. The SMILES string of the molecule is CSCC[C@H](NC(=O)OCC1c2ccccc2-c2ccccc21)C(=O)NC(C(=O)O)C1CC1. The highest BCUT2D eigenvalue weighted by molar-refractivity contribution is 7.98. The third-order valence-electron chi connectivity index (χ3n) is 6.22. The number of rotatable bonds is 10. The molecule has 0 radical (unpaired) electrons. The van der Waals surface area contributed by atoms with Gasteiger partial charge in [-0.1, -0.05) is 48.5 Å². The maximum absolute atomic E-state index is 12.8. The molecule has 7 nitrogen and oxygen atoms in total. The van der Waals surface area contributed by atoms with Crippen LogP contribution in [0.15, 0.2) is 48.5 Å². The number of hydrogen-bond donors (Lipinski definition) is 3. The summed E-state index contributed by atoms with van der Waals surface area (Å²) < 4.78 is 5.56. The lowest BCUT2D eigenvalue weighted by Crippen LogP contribution is -2.52. The van der Waals surface area contributed by atoms with Gasteiger partial charge in [-0.05, 0) is 59.4 Å². The number of amides is 2. The first-order valence-electron chi connectivity index (χ1n) is 11.1. The average Bonchev–Trinajstić information content (AvgIpc) is 3.61. The fourth-order valence-corrected chi connectivity index (χ4v) is 4.82. The molecule has 2 aliphatic carbocycles. The first kappa shape index (κ1) is 23.2. The van der Waals surface area contributed by atoms with Crippen molar-refractivity contribution in [3.05, 3.63) is 59.7 Å². The van der Waals surface area contributed by atoms with Gasteiger partial charge in [0.15, 0.2) is 0 Å². The Hall–Kier alpha value is -3.00. The Kier molecular flexibility index (Phi) is 7.23. The van der Waals surface area contributed by atoms with E-state index >= 15 is 0 Å². The van der Waals surface area contributed by atoms with Gasteiger partial charge < -0.3 is 20.5 Å². The Morgan fingerprint density at radius 1 is 1.03 bits per heavy atom. The summed E-state index contributed by atoms with van der Waals surface area (Å²) in [5.41, 5.74) is 4.49. The highest BCUT2D eigenvalue weighted by atomic mass is 32.2. The number of benzene rings is 2. The van der Waals surface area contributed by atoms with E-state index in [2.05, 4.69) is 22.8 Å². The first-order chi connectivity index (χ1) is 16.0. The van der Waals surface area contributed by atoms with E-state index in [1.807, 2.05) is 42.7 Å². The largest absolute Gasteiger partial charge is 0.480 e. The van der Waals surface area contributed by atoms with E-state index < -0.39 is 30.1 Å². The summed E-state index contributed by atoms with van der Waals surface area (Å²) in [5.74, 6) is -1.01. The second-order valence-corrected chi connectivity index (χ2v) is 9.45. The molecule has 0 saturated heterocycles. The number of alkyl carbamates (subject to hydrolysis) is 1. The minimum Gasteiger partial charge on any atom is -0.480 e. The van der Waals surface area contributed by atoms with E-state index in [9.17, 15) is 19.5 Å². The first-order valence-corrected chi connectivity index (χ1v) is 12.5. The average molecular weight is 469 g/mol. The molecule has 4 rings (SSSR count). The summed E-state index contributed by atoms with van der Waals surface area (Å²) in [4.78, 5) is 36.9. The third-order valence-corrected chi connectivity index (χ3v) is 6.86. The lowest BCUT2D eigenvalue weighted by molar-refractivity contribution is -0.142. The molecule has 2 aliphatic rings. The molecule has 2 aromatic rings. The van der Waals surface area contributed by atoms with Gasteiger partial charge in [-0.3, -0.25) is 4.79 Å². The molecular formula is C25H28N2O5S. The Morgan fingerprint density at radius 2 is 1.64 bits per heavy atom. The molecule has 1 fully saturated rings. The molecule has 8 heteroatoms. The van der Waals surface area contributed by atoms with Crippen molar-refractivity contribution < 1.29 is 24.2 Å². The Bertz CT molecular complexity index is 993. The van der Waals surface area contributed by atoms with Crippen molar-refractivity contribution >= 4 is 29.7 Å². The number of carbonyl (C=O) groups is 3. The molecule has 0 aliphatic heterocycles. The lowest BCUT2D eigenvalue weighted by Gasteiger charge is -2.21. The molecule has 1 unspecified atom stereocenters. The van der Waals surface area contributed by atoms with Gasteiger partial charge in [0, 0.05) is 5.92 Å². The second kappa shape index (κ2) is 10.3. The van der Waals surface area contributed by atoms with Crippen molar-refractivity contribution in [2.45, 2.75) is 37.3 Å². The molecular weight excluding hydrogens is 440 g/mol. The summed E-state index contributed by atoms with van der Waals surface area (Å²) in [6.07, 6.45) is 3.18. The number of fused-ring (bicyclic) bond motifs is 3. The van der Waals surface area contributed by atoms with Gasteiger partial charge in [-0.2, -0.15) is 11.8 Å². The van der Waals surface area contributed by atoms with Crippen LogP contribution in [-0.2, 0) is 14.3 Å². The van der Waals surface area contributed by atoms with Gasteiger partial charge in [0.25, 0.3) is 0 Å². The van der Waals surface area contributed by atoms with Gasteiger partial charge in [0.2, 0.25) is 5.91 Å². The van der Waals surface area contributed by atoms with Gasteiger partial charge in [-0.25, -0.2) is 9.59 Å². The topological polar surface area (TPSA) is 105 Å². The van der Waals surface area contributed by atoms with Crippen molar-refractivity contribution in [3.8, 4) is 11.1 Å². The molecule has 2 aromatic carbocycles. The molecule has 1 saturated carbocycles. The molecule has 0 heterocycles. The number of ether oxygens (including phenoxy) is 1. The van der Waals surface area contributed by atoms with E-state index in [1.54, 1.807) is 11.8 Å². The monoisotopic (exact) mass is 468 g/mol. The van der Waals surface area contributed by atoms with Crippen LogP contribution in [0, 0.1) is 5.92 Å². The zero-order valence-electron chi connectivity index (χ0n) is 18.5. The summed E-state index contributed by atoms with van der Waals surface area (Å²) in [6.45, 7) is 0.149. The van der Waals surface area contributed by atoms with Crippen molar-refractivity contribution in [3.63, 3.8) is 0 Å². The predicted octanol–water partition coefficient (Wildman–Crippen LogP) is 3.63. The molecule has 174 valence electrons. The van der Waals surface area contributed by atoms with Crippen molar-refractivity contribution in [2.75, 3.05) is 18.6 Å². The molecule has 0 spiro atoms. The summed E-state index contributed by atoms with van der Waals surface area (Å²) in [7, 11) is 0. The molecule has 0 bridgehead atoms. The highest BCUT2D eigenvalue weighted by Gasteiger charge is 2.38. The molecule has 33 heavy (non-hydrogen) atoms. The van der Waals surface area contributed by atoms with Crippen LogP contribution in [0.2, 0.25) is 0 Å². The van der Waals surface area contributed by atoms with Crippen LogP contribution in [0.1, 0.15) is 36.3 Å². The third kappa shape index (κ3) is 5.33. The number of hydrogen-bond acceptors (Lipinski definition) is 5. The predicted molar refractivity (Wildman–Crippen MR) is 127 cm³/mol. The van der Waals surface area contributed by atoms with Crippen LogP contribution in [0.5, 0.6) is 0 Å². The van der Waals surface area contributed by atoms with Crippen LogP contribution >= 0.6 is 11.8 Å². The van der Waals surface area contributed by atoms with Crippen LogP contribution < -0.4 is 10.6 Å². The lowest BCUT2D eigenvalue weighted by atomic mass is 9.98. The Labute approximate surface area is 197 Å². The van der Waals surface area contributed by atoms with Crippen LogP contribution in [-0.4, -0.2) is 53.8 Å². The normalized spacial score (nSPS) is 16.3. The smallest absolute Gasteiger partial charge is 0.407 e. The second-order valence-electron chi connectivity index (χ2n) is 8.47. The van der Waals surface area contributed by atoms with E-state index in [0.29, 0.717) is 12.2 Å². The van der Waals surface area contributed by atoms with Crippen molar-refractivity contribution in [1.82, 2.24) is 10.6 Å². The summed E-state index contributed by atoms with van der Waals surface area (Å²) in [5, 5.41) is 14.7. The van der Waals surface area contributed by atoms with Gasteiger partial charge in [-0.15, -0.1) is 0 Å². The molecule has 3 N–H and O–H groups in total. The highest BCUT2D eigenvalue weighted by Crippen LogP contribution is 2.44. The summed E-state index contributed by atoms with van der Waals surface area (Å²) in [6, 6.07) is 14.4. The van der Waals surface area contributed by atoms with E-state index in [4.69, 9.17) is 4.74 Å². The maximum atomic E-state index is 12.8. The number of aliphatic carboxylic acids is 1. The van der Waals surface area contributed by atoms with Gasteiger partial charge in [0.05, 0.1) is 0 Å². The summed E-state index contributed by atoms with van der Waals surface area (Å²) >= 11 is 1.55. The molecule has 2 atom stereocenters. The molecule has 0 aromatic heterocycles. The van der Waals surface area contributed by atoms with Gasteiger partial charge in [0.1, 0.15) is 18.7 Å². The van der Waals surface area contributed by atoms with Crippen molar-refractivity contribution in [2.24, 2.45) is 5.92 Å². The van der Waals surface area contributed by atoms with Gasteiger partial charge >= 0.3 is 12.1 Å². The zero-order valence-corrected chi connectivity index (χ0v) is 19.3. The van der Waals surface area contributed by atoms with Crippen LogP contribution in [0.25, 0.3) is 11.1 Å². The fraction of sp³-hybridized carbons (Fsp3) is 0.400. The van der Waals surface area contributed by atoms with Crippen LogP contribution in [0.4, 0.5) is 4.79 Å².